The second-order valence-corrected chi connectivity index (χ2v) is 12.5. The van der Waals surface area contributed by atoms with Crippen molar-refractivity contribution >= 4 is 28.6 Å². The van der Waals surface area contributed by atoms with Gasteiger partial charge in [-0.3, -0.25) is 0 Å². The lowest BCUT2D eigenvalue weighted by Gasteiger charge is -2.32. The van der Waals surface area contributed by atoms with Crippen molar-refractivity contribution < 1.29 is 27.4 Å². The first kappa shape index (κ1) is 33.8. The number of anilines is 1. The quantitative estimate of drug-likeness (QED) is 0.183. The van der Waals surface area contributed by atoms with Gasteiger partial charge >= 0.3 is 12.4 Å². The molecule has 9 nitrogen and oxygen atoms in total. The normalized spacial score (nSPS) is 15.1. The fourth-order valence-corrected chi connectivity index (χ4v) is 6.12. The Balaban J connectivity index is 1.16. The summed E-state index contributed by atoms with van der Waals surface area (Å²) < 4.78 is 48.1. The van der Waals surface area contributed by atoms with Gasteiger partial charge in [0.1, 0.15) is 17.8 Å². The SMILES string of the molecule is COc1ccc(N2CCCS/C2=N\C(=O)NC(C)CCc2ccc(-c3ncn(-c4ccc(OC(F)(F)F)cc4)n3)cc2)c(C(C)C)c1. The molecule has 1 N–H and O–H groups in total. The number of hydrogen-bond acceptors (Lipinski definition) is 6. The third-order valence-electron chi connectivity index (χ3n) is 7.61. The third-order valence-corrected chi connectivity index (χ3v) is 8.67. The lowest BCUT2D eigenvalue weighted by Crippen LogP contribution is -2.38. The topological polar surface area (TPSA) is 93.9 Å². The summed E-state index contributed by atoms with van der Waals surface area (Å²) in [5, 5.41) is 8.18. The predicted molar refractivity (Wildman–Crippen MR) is 179 cm³/mol. The molecule has 0 bridgehead atoms. The van der Waals surface area contributed by atoms with Gasteiger partial charge in [-0.2, -0.15) is 4.99 Å². The van der Waals surface area contributed by atoms with Crippen LogP contribution in [-0.2, 0) is 6.42 Å². The first-order chi connectivity index (χ1) is 22.5. The molecule has 2 amide bonds. The van der Waals surface area contributed by atoms with Gasteiger partial charge in [-0.05, 0) is 85.7 Å². The van der Waals surface area contributed by atoms with E-state index in [0.717, 1.165) is 59.7 Å². The van der Waals surface area contributed by atoms with E-state index in [9.17, 15) is 18.0 Å². The zero-order valence-electron chi connectivity index (χ0n) is 26.6. The molecule has 1 aliphatic rings. The standard InChI is InChI=1S/C34H37F3N6O3S/c1-22(2)29-20-28(45-4)16-17-30(29)42-18-5-19-47-33(42)40-32(44)39-23(3)6-7-24-8-10-25(11-9-24)31-38-21-43(41-31)26-12-14-27(15-13-26)46-34(35,36)37/h8-17,20-23H,5-7,18-19H2,1-4H3,(H,39,44)/b40-33-. The molecule has 1 saturated heterocycles. The number of alkyl halides is 3. The molecule has 0 radical (unpaired) electrons. The Hall–Kier alpha value is -4.52. The zero-order chi connectivity index (χ0) is 33.6. The molecule has 1 fully saturated rings. The summed E-state index contributed by atoms with van der Waals surface area (Å²) in [5.74, 6) is 2.17. The van der Waals surface area contributed by atoms with Crippen LogP contribution in [0.25, 0.3) is 17.1 Å². The number of amides is 2. The second-order valence-electron chi connectivity index (χ2n) is 11.5. The lowest BCUT2D eigenvalue weighted by atomic mass is 10.00. The van der Waals surface area contributed by atoms with Crippen LogP contribution in [0.15, 0.2) is 78.0 Å². The van der Waals surface area contributed by atoms with Crippen molar-refractivity contribution in [3.63, 3.8) is 0 Å². The number of thioether (sulfide) groups is 1. The highest BCUT2D eigenvalue weighted by Crippen LogP contribution is 2.35. The number of halogens is 3. The molecule has 0 spiro atoms. The van der Waals surface area contributed by atoms with Gasteiger partial charge in [-0.25, -0.2) is 14.5 Å². The van der Waals surface area contributed by atoms with E-state index in [1.165, 1.54) is 35.3 Å². The molecular weight excluding hydrogens is 629 g/mol. The van der Waals surface area contributed by atoms with E-state index in [1.807, 2.05) is 43.3 Å². The van der Waals surface area contributed by atoms with Gasteiger partial charge in [0.15, 0.2) is 11.0 Å². The zero-order valence-corrected chi connectivity index (χ0v) is 27.4. The number of hydrogen-bond donors (Lipinski definition) is 1. The molecule has 1 aliphatic heterocycles. The molecule has 5 rings (SSSR count). The first-order valence-electron chi connectivity index (χ1n) is 15.3. The number of carbonyl (C=O) groups is 1. The highest BCUT2D eigenvalue weighted by Gasteiger charge is 2.31. The molecule has 248 valence electrons. The second kappa shape index (κ2) is 14.9. The van der Waals surface area contributed by atoms with Crippen molar-refractivity contribution in [1.29, 1.82) is 0 Å². The number of rotatable bonds is 10. The number of methoxy groups -OCH3 is 1. The number of benzene rings is 3. The average Bonchev–Trinajstić information content (AvgIpc) is 3.54. The fourth-order valence-electron chi connectivity index (χ4n) is 5.17. The highest BCUT2D eigenvalue weighted by atomic mass is 32.2. The van der Waals surface area contributed by atoms with Crippen molar-refractivity contribution in [2.45, 2.75) is 58.4 Å². The number of ether oxygens (including phenoxy) is 2. The molecule has 2 heterocycles. The number of nitrogens with one attached hydrogen (secondary N) is 1. The van der Waals surface area contributed by atoms with Crippen molar-refractivity contribution in [2.75, 3.05) is 24.3 Å². The van der Waals surface area contributed by atoms with Gasteiger partial charge < -0.3 is 19.7 Å². The number of aromatic nitrogens is 3. The average molecular weight is 667 g/mol. The molecule has 1 aromatic heterocycles. The third kappa shape index (κ3) is 9.06. The van der Waals surface area contributed by atoms with Gasteiger partial charge in [0.25, 0.3) is 0 Å². The molecule has 0 aliphatic carbocycles. The van der Waals surface area contributed by atoms with Crippen molar-refractivity contribution in [3.05, 3.63) is 84.2 Å². The van der Waals surface area contributed by atoms with Crippen LogP contribution in [0.2, 0.25) is 0 Å². The minimum atomic E-state index is -4.75. The summed E-state index contributed by atoms with van der Waals surface area (Å²) in [5.41, 5.74) is 4.64. The van der Waals surface area contributed by atoms with Crippen LogP contribution in [-0.4, -0.2) is 57.8 Å². The smallest absolute Gasteiger partial charge is 0.497 e. The summed E-state index contributed by atoms with van der Waals surface area (Å²) in [6, 6.07) is 18.8. The van der Waals surface area contributed by atoms with Gasteiger partial charge in [0.2, 0.25) is 0 Å². The maximum Gasteiger partial charge on any atom is 0.573 e. The number of aliphatic imine (C=N–C) groups is 1. The number of nitrogens with zero attached hydrogens (tertiary/aromatic N) is 5. The molecule has 1 atom stereocenters. The summed E-state index contributed by atoms with van der Waals surface area (Å²) in [7, 11) is 1.66. The summed E-state index contributed by atoms with van der Waals surface area (Å²) in [6.07, 6.45) is -0.773. The van der Waals surface area contributed by atoms with E-state index >= 15 is 0 Å². The first-order valence-corrected chi connectivity index (χ1v) is 16.3. The Morgan fingerprint density at radius 2 is 1.77 bits per heavy atom. The minimum Gasteiger partial charge on any atom is -0.497 e. The van der Waals surface area contributed by atoms with Crippen molar-refractivity contribution in [2.24, 2.45) is 4.99 Å². The Labute approximate surface area is 276 Å². The number of carbonyl (C=O) groups excluding carboxylic acids is 1. The number of urea groups is 1. The summed E-state index contributed by atoms with van der Waals surface area (Å²) in [6.45, 7) is 7.05. The Morgan fingerprint density at radius 1 is 1.04 bits per heavy atom. The van der Waals surface area contributed by atoms with Gasteiger partial charge in [0.05, 0.1) is 12.8 Å². The van der Waals surface area contributed by atoms with Crippen LogP contribution in [0, 0.1) is 0 Å². The van der Waals surface area contributed by atoms with Crippen LogP contribution in [0.1, 0.15) is 50.7 Å². The number of amidine groups is 1. The monoisotopic (exact) mass is 666 g/mol. The van der Waals surface area contributed by atoms with Crippen LogP contribution in [0.3, 0.4) is 0 Å². The fraction of sp³-hybridized carbons (Fsp3) is 0.353. The Bertz CT molecular complexity index is 1690. The molecule has 3 aromatic carbocycles. The Morgan fingerprint density at radius 3 is 2.45 bits per heavy atom. The van der Waals surface area contributed by atoms with Gasteiger partial charge in [-0.15, -0.1) is 18.3 Å². The maximum atomic E-state index is 13.0. The molecule has 1 unspecified atom stereocenters. The molecule has 0 saturated carbocycles. The molecule has 4 aromatic rings. The van der Waals surface area contributed by atoms with Crippen molar-refractivity contribution in [1.82, 2.24) is 20.1 Å². The number of aryl methyl sites for hydroxylation is 1. The largest absolute Gasteiger partial charge is 0.573 e. The minimum absolute atomic E-state index is 0.0916. The van der Waals surface area contributed by atoms with Gasteiger partial charge in [-0.1, -0.05) is 49.9 Å². The Kier molecular flexibility index (Phi) is 10.7. The van der Waals surface area contributed by atoms with Crippen LogP contribution in [0.4, 0.5) is 23.7 Å². The maximum absolute atomic E-state index is 13.0. The van der Waals surface area contributed by atoms with E-state index in [4.69, 9.17) is 4.74 Å². The highest BCUT2D eigenvalue weighted by molar-refractivity contribution is 8.14. The van der Waals surface area contributed by atoms with Crippen LogP contribution < -0.4 is 19.7 Å². The molecule has 47 heavy (non-hydrogen) atoms. The molecular formula is C34H37F3N6O3S. The van der Waals surface area contributed by atoms with E-state index < -0.39 is 6.36 Å². The van der Waals surface area contributed by atoms with E-state index in [1.54, 1.807) is 18.9 Å². The van der Waals surface area contributed by atoms with Crippen LogP contribution >= 0.6 is 11.8 Å². The summed E-state index contributed by atoms with van der Waals surface area (Å²) >= 11 is 1.59. The summed E-state index contributed by atoms with van der Waals surface area (Å²) in [4.78, 5) is 23.9. The van der Waals surface area contributed by atoms with Crippen molar-refractivity contribution in [3.8, 4) is 28.6 Å². The van der Waals surface area contributed by atoms with Crippen LogP contribution in [0.5, 0.6) is 11.5 Å². The van der Waals surface area contributed by atoms with Gasteiger partial charge in [0, 0.05) is 29.6 Å². The van der Waals surface area contributed by atoms with E-state index in [-0.39, 0.29) is 23.7 Å². The lowest BCUT2D eigenvalue weighted by molar-refractivity contribution is -0.274. The van der Waals surface area contributed by atoms with E-state index in [2.05, 4.69) is 49.9 Å². The molecule has 13 heteroatoms. The van der Waals surface area contributed by atoms with E-state index in [0.29, 0.717) is 16.7 Å². The predicted octanol–water partition coefficient (Wildman–Crippen LogP) is 8.00.